The molecule has 4 aromatic rings. The molecule has 33 heavy (non-hydrogen) atoms. The van der Waals surface area contributed by atoms with Crippen molar-refractivity contribution in [1.82, 2.24) is 4.57 Å². The zero-order valence-corrected chi connectivity index (χ0v) is 18.8. The monoisotopic (exact) mass is 451 g/mol. The first-order valence-corrected chi connectivity index (χ1v) is 11.3. The molecule has 0 bridgehead atoms. The lowest BCUT2D eigenvalue weighted by Crippen LogP contribution is -2.28. The summed E-state index contributed by atoms with van der Waals surface area (Å²) >= 11 is 1.38. The van der Waals surface area contributed by atoms with Crippen molar-refractivity contribution in [3.63, 3.8) is 0 Å². The Morgan fingerprint density at radius 2 is 1.52 bits per heavy atom. The van der Waals surface area contributed by atoms with Gasteiger partial charge in [-0.2, -0.15) is 0 Å². The minimum atomic E-state index is -0.0941. The van der Waals surface area contributed by atoms with E-state index in [0.717, 1.165) is 28.5 Å². The molecule has 2 heterocycles. The molecule has 0 radical (unpaired) electrons. The van der Waals surface area contributed by atoms with Gasteiger partial charge in [0.05, 0.1) is 23.4 Å². The van der Waals surface area contributed by atoms with Gasteiger partial charge in [0.15, 0.2) is 5.17 Å². The SMILES string of the molecule is COc1ccc(-n2cccc2/C=C2\SC(=Nc3ccccc3)N(c3ccccc3)C2=O)cc1. The third kappa shape index (κ3) is 4.33. The maximum absolute atomic E-state index is 13.5. The molecular weight excluding hydrogens is 430 g/mol. The largest absolute Gasteiger partial charge is 0.497 e. The molecule has 0 N–H and O–H groups in total. The van der Waals surface area contributed by atoms with Crippen molar-refractivity contribution >= 4 is 40.3 Å². The number of methoxy groups -OCH3 is 1. The molecule has 1 aliphatic rings. The number of amidine groups is 1. The van der Waals surface area contributed by atoms with Gasteiger partial charge < -0.3 is 9.30 Å². The molecular formula is C27H21N3O2S. The number of aliphatic imine (C=N–C) groups is 1. The van der Waals surface area contributed by atoms with Gasteiger partial charge in [-0.25, -0.2) is 4.99 Å². The molecule has 1 aliphatic heterocycles. The van der Waals surface area contributed by atoms with Crippen molar-refractivity contribution in [2.75, 3.05) is 12.0 Å². The highest BCUT2D eigenvalue weighted by Crippen LogP contribution is 2.37. The second-order valence-electron chi connectivity index (χ2n) is 7.32. The summed E-state index contributed by atoms with van der Waals surface area (Å²) in [6.07, 6.45) is 3.90. The average molecular weight is 452 g/mol. The number of rotatable bonds is 5. The first kappa shape index (κ1) is 20.8. The number of hydrogen-bond donors (Lipinski definition) is 0. The molecule has 3 aromatic carbocycles. The van der Waals surface area contributed by atoms with Crippen molar-refractivity contribution < 1.29 is 9.53 Å². The maximum atomic E-state index is 13.5. The highest BCUT2D eigenvalue weighted by Gasteiger charge is 2.34. The number of ether oxygens (including phenoxy) is 1. The second kappa shape index (κ2) is 9.22. The first-order valence-electron chi connectivity index (χ1n) is 10.5. The molecule has 0 saturated carbocycles. The topological polar surface area (TPSA) is 46.8 Å². The lowest BCUT2D eigenvalue weighted by atomic mass is 10.2. The summed E-state index contributed by atoms with van der Waals surface area (Å²) in [6, 6.07) is 31.1. The molecule has 0 unspecified atom stereocenters. The second-order valence-corrected chi connectivity index (χ2v) is 8.33. The van der Waals surface area contributed by atoms with Crippen LogP contribution in [0.3, 0.4) is 0 Å². The molecule has 0 spiro atoms. The van der Waals surface area contributed by atoms with Crippen LogP contribution in [0.2, 0.25) is 0 Å². The Morgan fingerprint density at radius 3 is 2.21 bits per heavy atom. The Labute approximate surface area is 196 Å². The van der Waals surface area contributed by atoms with Gasteiger partial charge >= 0.3 is 0 Å². The minimum absolute atomic E-state index is 0.0941. The molecule has 1 aromatic heterocycles. The number of carbonyl (C=O) groups excluding carboxylic acids is 1. The standard InChI is InChI=1S/C27H21N3O2S/c1-32-24-16-14-21(15-17-24)29-18-8-13-23(29)19-25-26(31)30(22-11-6-3-7-12-22)27(33-25)28-20-9-4-2-5-10-20/h2-19H,1H3/b25-19-,28-27?. The van der Waals surface area contributed by atoms with E-state index in [2.05, 4.69) is 0 Å². The lowest BCUT2D eigenvalue weighted by Gasteiger charge is -2.15. The number of nitrogens with zero attached hydrogens (tertiary/aromatic N) is 3. The lowest BCUT2D eigenvalue weighted by molar-refractivity contribution is -0.113. The number of hydrogen-bond acceptors (Lipinski definition) is 4. The summed E-state index contributed by atoms with van der Waals surface area (Å²) in [5.41, 5.74) is 3.49. The zero-order chi connectivity index (χ0) is 22.6. The number of thioether (sulfide) groups is 1. The van der Waals surface area contributed by atoms with E-state index in [0.29, 0.717) is 10.1 Å². The number of para-hydroxylation sites is 2. The minimum Gasteiger partial charge on any atom is -0.497 e. The summed E-state index contributed by atoms with van der Waals surface area (Å²) in [5, 5.41) is 0.631. The highest BCUT2D eigenvalue weighted by atomic mass is 32.2. The molecule has 1 amide bonds. The fourth-order valence-corrected chi connectivity index (χ4v) is 4.58. The van der Waals surface area contributed by atoms with Gasteiger partial charge in [0.2, 0.25) is 0 Å². The molecule has 6 heteroatoms. The molecule has 5 rings (SSSR count). The van der Waals surface area contributed by atoms with Crippen LogP contribution in [0.25, 0.3) is 11.8 Å². The summed E-state index contributed by atoms with van der Waals surface area (Å²) in [4.78, 5) is 20.5. The van der Waals surface area contributed by atoms with Gasteiger partial charge in [-0.15, -0.1) is 0 Å². The number of carbonyl (C=O) groups is 1. The predicted octanol–water partition coefficient (Wildman–Crippen LogP) is 6.29. The quantitative estimate of drug-likeness (QED) is 0.335. The summed E-state index contributed by atoms with van der Waals surface area (Å²) in [6.45, 7) is 0. The van der Waals surface area contributed by atoms with Crippen molar-refractivity contribution in [2.45, 2.75) is 0 Å². The molecule has 1 saturated heterocycles. The van der Waals surface area contributed by atoms with Crippen LogP contribution in [0.15, 0.2) is 113 Å². The van der Waals surface area contributed by atoms with Crippen LogP contribution < -0.4 is 9.64 Å². The van der Waals surface area contributed by atoms with Gasteiger partial charge in [-0.1, -0.05) is 36.4 Å². The Balaban J connectivity index is 1.54. The molecule has 0 aliphatic carbocycles. The van der Waals surface area contributed by atoms with Crippen LogP contribution in [-0.4, -0.2) is 22.8 Å². The predicted molar refractivity (Wildman–Crippen MR) is 135 cm³/mol. The average Bonchev–Trinajstić information content (AvgIpc) is 3.45. The first-order chi connectivity index (χ1) is 16.2. The van der Waals surface area contributed by atoms with Crippen LogP contribution >= 0.6 is 11.8 Å². The van der Waals surface area contributed by atoms with Crippen molar-refractivity contribution in [1.29, 1.82) is 0 Å². The fraction of sp³-hybridized carbons (Fsp3) is 0.0370. The van der Waals surface area contributed by atoms with Gasteiger partial charge in [0, 0.05) is 17.6 Å². The maximum Gasteiger partial charge on any atom is 0.271 e. The summed E-state index contributed by atoms with van der Waals surface area (Å²) in [7, 11) is 1.65. The Kier molecular flexibility index (Phi) is 5.83. The Morgan fingerprint density at radius 1 is 0.818 bits per heavy atom. The Bertz CT molecular complexity index is 1330. The molecule has 1 fully saturated rings. The van der Waals surface area contributed by atoms with Gasteiger partial charge in [0.25, 0.3) is 5.91 Å². The Hall–Kier alpha value is -4.03. The van der Waals surface area contributed by atoms with E-state index in [4.69, 9.17) is 9.73 Å². The molecule has 162 valence electrons. The third-order valence-electron chi connectivity index (χ3n) is 5.21. The van der Waals surface area contributed by atoms with Gasteiger partial charge in [-0.3, -0.25) is 9.69 Å². The molecule has 0 atom stereocenters. The van der Waals surface area contributed by atoms with E-state index in [1.807, 2.05) is 114 Å². The zero-order valence-electron chi connectivity index (χ0n) is 18.0. The smallest absolute Gasteiger partial charge is 0.271 e. The van der Waals surface area contributed by atoms with E-state index >= 15 is 0 Å². The summed E-state index contributed by atoms with van der Waals surface area (Å²) in [5.74, 6) is 0.705. The van der Waals surface area contributed by atoms with Crippen LogP contribution in [-0.2, 0) is 4.79 Å². The van der Waals surface area contributed by atoms with E-state index in [-0.39, 0.29) is 5.91 Å². The van der Waals surface area contributed by atoms with E-state index in [1.54, 1.807) is 12.0 Å². The van der Waals surface area contributed by atoms with Gasteiger partial charge in [0.1, 0.15) is 5.75 Å². The fourth-order valence-electron chi connectivity index (χ4n) is 3.59. The number of anilines is 1. The van der Waals surface area contributed by atoms with E-state index < -0.39 is 0 Å². The van der Waals surface area contributed by atoms with E-state index in [1.165, 1.54) is 11.8 Å². The summed E-state index contributed by atoms with van der Waals surface area (Å²) < 4.78 is 7.31. The van der Waals surface area contributed by atoms with Crippen LogP contribution in [0.1, 0.15) is 5.69 Å². The van der Waals surface area contributed by atoms with Crippen LogP contribution in [0.4, 0.5) is 11.4 Å². The van der Waals surface area contributed by atoms with Crippen molar-refractivity contribution in [2.24, 2.45) is 4.99 Å². The number of aromatic nitrogens is 1. The highest BCUT2D eigenvalue weighted by molar-refractivity contribution is 8.19. The third-order valence-corrected chi connectivity index (χ3v) is 6.18. The van der Waals surface area contributed by atoms with E-state index in [9.17, 15) is 4.79 Å². The van der Waals surface area contributed by atoms with Crippen LogP contribution in [0.5, 0.6) is 5.75 Å². The van der Waals surface area contributed by atoms with Crippen molar-refractivity contribution in [3.8, 4) is 11.4 Å². The number of amides is 1. The van der Waals surface area contributed by atoms with Gasteiger partial charge in [-0.05, 0) is 78.5 Å². The normalized spacial score (nSPS) is 16.0. The van der Waals surface area contributed by atoms with Crippen LogP contribution in [0, 0.1) is 0 Å². The van der Waals surface area contributed by atoms with Crippen molar-refractivity contribution in [3.05, 3.63) is 114 Å². The number of benzene rings is 3. The molecule has 5 nitrogen and oxygen atoms in total.